The molecule has 0 amide bonds. The summed E-state index contributed by atoms with van der Waals surface area (Å²) in [6.45, 7) is 3.84. The van der Waals surface area contributed by atoms with E-state index in [9.17, 15) is 13.5 Å². The molecule has 0 aliphatic rings. The number of rotatable bonds is 11. The average molecular weight is 479 g/mol. The molecule has 0 spiro atoms. The Labute approximate surface area is 201 Å². The quantitative estimate of drug-likeness (QED) is 0.312. The maximum Gasteiger partial charge on any atom is 0.240 e. The van der Waals surface area contributed by atoms with Crippen molar-refractivity contribution < 1.29 is 18.4 Å². The molecule has 0 bridgehead atoms. The molecule has 0 aromatic heterocycles. The summed E-state index contributed by atoms with van der Waals surface area (Å²) in [6.07, 6.45) is 2.45. The fourth-order valence-corrected chi connectivity index (χ4v) is 4.33. The molecular weight excluding hydrogens is 448 g/mol. The van der Waals surface area contributed by atoms with Gasteiger partial charge >= 0.3 is 0 Å². The van der Waals surface area contributed by atoms with E-state index in [2.05, 4.69) is 9.88 Å². The summed E-state index contributed by atoms with van der Waals surface area (Å²) in [5.74, 6) is -0.629. The highest BCUT2D eigenvalue weighted by Crippen LogP contribution is 2.15. The van der Waals surface area contributed by atoms with E-state index in [1.807, 2.05) is 67.6 Å². The Bertz CT molecular complexity index is 1190. The van der Waals surface area contributed by atoms with Crippen molar-refractivity contribution in [2.24, 2.45) is 11.1 Å². The second-order valence-electron chi connectivity index (χ2n) is 8.02. The number of hydrogen-bond acceptors (Lipinski definition) is 5. The van der Waals surface area contributed by atoms with Crippen LogP contribution in [0.15, 0.2) is 101 Å². The zero-order valence-corrected chi connectivity index (χ0v) is 20.2. The molecule has 0 aliphatic heterocycles. The molecule has 2 atom stereocenters. The third kappa shape index (κ3) is 7.66. The molecule has 0 unspecified atom stereocenters. The van der Waals surface area contributed by atoms with Gasteiger partial charge in [0.15, 0.2) is 0 Å². The van der Waals surface area contributed by atoms with E-state index in [0.717, 1.165) is 16.7 Å². The van der Waals surface area contributed by atoms with E-state index >= 15 is 0 Å². The van der Waals surface area contributed by atoms with Gasteiger partial charge in [-0.05, 0) is 37.1 Å². The van der Waals surface area contributed by atoms with Gasteiger partial charge in [0.2, 0.25) is 10.0 Å². The first kappa shape index (κ1) is 25.4. The summed E-state index contributed by atoms with van der Waals surface area (Å²) >= 11 is 0. The SMILES string of the molecule is C/C(=N\OCc1ccccc1)[C@H](CNS(=O)(=O)c1ccc(C)cc1)[C@H](O)/C=C/c1ccccc1. The largest absolute Gasteiger partial charge is 0.391 e. The summed E-state index contributed by atoms with van der Waals surface area (Å²) in [5.41, 5.74) is 3.33. The maximum atomic E-state index is 12.8. The fourth-order valence-electron chi connectivity index (χ4n) is 3.27. The summed E-state index contributed by atoms with van der Waals surface area (Å²) in [4.78, 5) is 5.65. The molecule has 34 heavy (non-hydrogen) atoms. The standard InChI is InChI=1S/C27H30N2O4S/c1-21-13-16-25(17-14-21)34(31,32)28-19-26(27(30)18-15-23-9-5-3-6-10-23)22(2)29-33-20-24-11-7-4-8-12-24/h3-18,26-28,30H,19-20H2,1-2H3/b18-15+,29-22+/t26-,27+/m0/s1. The van der Waals surface area contributed by atoms with E-state index in [-0.39, 0.29) is 18.0 Å². The van der Waals surface area contributed by atoms with Crippen LogP contribution in [0.5, 0.6) is 0 Å². The molecule has 3 rings (SSSR count). The number of sulfonamides is 1. The fraction of sp³-hybridized carbons (Fsp3) is 0.222. The summed E-state index contributed by atoms with van der Waals surface area (Å²) in [6, 6.07) is 25.8. The summed E-state index contributed by atoms with van der Waals surface area (Å²) in [7, 11) is -3.75. The molecule has 0 radical (unpaired) electrons. The Morgan fingerprint density at radius 3 is 2.26 bits per heavy atom. The molecule has 0 heterocycles. The minimum absolute atomic E-state index is 0.0411. The van der Waals surface area contributed by atoms with E-state index in [1.54, 1.807) is 43.3 Å². The van der Waals surface area contributed by atoms with Crippen LogP contribution in [0.3, 0.4) is 0 Å². The van der Waals surface area contributed by atoms with Gasteiger partial charge in [0.1, 0.15) is 6.61 Å². The molecule has 7 heteroatoms. The third-order valence-electron chi connectivity index (χ3n) is 5.34. The Balaban J connectivity index is 1.75. The van der Waals surface area contributed by atoms with E-state index in [4.69, 9.17) is 4.84 Å². The predicted molar refractivity (Wildman–Crippen MR) is 136 cm³/mol. The Morgan fingerprint density at radius 2 is 1.62 bits per heavy atom. The minimum Gasteiger partial charge on any atom is -0.391 e. The second kappa shape index (κ2) is 12.3. The number of aliphatic hydroxyl groups excluding tert-OH is 1. The number of benzene rings is 3. The third-order valence-corrected chi connectivity index (χ3v) is 6.78. The minimum atomic E-state index is -3.75. The van der Waals surface area contributed by atoms with Gasteiger partial charge in [-0.25, -0.2) is 13.1 Å². The highest BCUT2D eigenvalue weighted by Gasteiger charge is 2.24. The smallest absolute Gasteiger partial charge is 0.240 e. The lowest BCUT2D eigenvalue weighted by Crippen LogP contribution is -2.38. The average Bonchev–Trinajstić information content (AvgIpc) is 2.84. The van der Waals surface area contributed by atoms with Crippen LogP contribution in [0.4, 0.5) is 0 Å². The molecule has 0 aliphatic carbocycles. The molecule has 0 fully saturated rings. The summed E-state index contributed by atoms with van der Waals surface area (Å²) < 4.78 is 28.2. The Hall–Kier alpha value is -3.26. The molecule has 0 saturated heterocycles. The Morgan fingerprint density at radius 1 is 1.00 bits per heavy atom. The van der Waals surface area contributed by atoms with Gasteiger partial charge in [-0.2, -0.15) is 0 Å². The van der Waals surface area contributed by atoms with E-state index in [0.29, 0.717) is 5.71 Å². The van der Waals surface area contributed by atoms with Crippen LogP contribution in [-0.2, 0) is 21.5 Å². The highest BCUT2D eigenvalue weighted by molar-refractivity contribution is 7.89. The molecule has 2 N–H and O–H groups in total. The zero-order valence-electron chi connectivity index (χ0n) is 19.3. The molecular formula is C27H30N2O4S. The molecule has 3 aromatic rings. The van der Waals surface area contributed by atoms with Crippen LogP contribution in [0.2, 0.25) is 0 Å². The topological polar surface area (TPSA) is 88.0 Å². The van der Waals surface area contributed by atoms with Crippen LogP contribution in [0.25, 0.3) is 6.08 Å². The van der Waals surface area contributed by atoms with Crippen LogP contribution in [0.1, 0.15) is 23.6 Å². The lowest BCUT2D eigenvalue weighted by atomic mass is 9.97. The van der Waals surface area contributed by atoms with E-state index < -0.39 is 22.0 Å². The van der Waals surface area contributed by atoms with Crippen molar-refractivity contribution in [1.29, 1.82) is 0 Å². The van der Waals surface area contributed by atoms with Crippen LogP contribution in [0, 0.1) is 12.8 Å². The first-order valence-electron chi connectivity index (χ1n) is 11.0. The normalized spacial score (nSPS) is 14.1. The Kier molecular flexibility index (Phi) is 9.16. The van der Waals surface area contributed by atoms with Gasteiger partial charge in [-0.1, -0.05) is 95.7 Å². The zero-order chi connectivity index (χ0) is 24.4. The first-order chi connectivity index (χ1) is 16.3. The predicted octanol–water partition coefficient (Wildman–Crippen LogP) is 4.56. The van der Waals surface area contributed by atoms with Crippen molar-refractivity contribution >= 4 is 21.8 Å². The molecule has 178 valence electrons. The maximum absolute atomic E-state index is 12.8. The van der Waals surface area contributed by atoms with Gasteiger partial charge < -0.3 is 9.94 Å². The van der Waals surface area contributed by atoms with Crippen LogP contribution in [-0.4, -0.2) is 31.9 Å². The van der Waals surface area contributed by atoms with E-state index in [1.165, 1.54) is 0 Å². The van der Waals surface area contributed by atoms with Crippen molar-refractivity contribution in [2.45, 2.75) is 31.5 Å². The monoisotopic (exact) mass is 478 g/mol. The number of aliphatic hydroxyl groups is 1. The molecule has 0 saturated carbocycles. The number of hydrogen-bond donors (Lipinski definition) is 2. The van der Waals surface area contributed by atoms with Crippen molar-refractivity contribution in [3.8, 4) is 0 Å². The first-order valence-corrected chi connectivity index (χ1v) is 12.5. The molecule has 6 nitrogen and oxygen atoms in total. The lowest BCUT2D eigenvalue weighted by molar-refractivity contribution is 0.124. The van der Waals surface area contributed by atoms with Crippen LogP contribution < -0.4 is 4.72 Å². The van der Waals surface area contributed by atoms with Gasteiger partial charge in [-0.3, -0.25) is 0 Å². The highest BCUT2D eigenvalue weighted by atomic mass is 32.2. The number of aryl methyl sites for hydroxylation is 1. The van der Waals surface area contributed by atoms with Crippen molar-refractivity contribution in [2.75, 3.05) is 6.54 Å². The van der Waals surface area contributed by atoms with Gasteiger partial charge in [0.25, 0.3) is 0 Å². The van der Waals surface area contributed by atoms with Crippen molar-refractivity contribution in [3.05, 3.63) is 108 Å². The lowest BCUT2D eigenvalue weighted by Gasteiger charge is -2.21. The molecule has 3 aromatic carbocycles. The van der Waals surface area contributed by atoms with Gasteiger partial charge in [0, 0.05) is 12.5 Å². The van der Waals surface area contributed by atoms with Crippen molar-refractivity contribution in [3.63, 3.8) is 0 Å². The van der Waals surface area contributed by atoms with Gasteiger partial charge in [0.05, 0.1) is 16.7 Å². The van der Waals surface area contributed by atoms with Gasteiger partial charge in [-0.15, -0.1) is 0 Å². The number of oxime groups is 1. The van der Waals surface area contributed by atoms with Crippen molar-refractivity contribution in [1.82, 2.24) is 4.72 Å². The summed E-state index contributed by atoms with van der Waals surface area (Å²) in [5, 5.41) is 15.1. The number of nitrogens with zero attached hydrogens (tertiary/aromatic N) is 1. The second-order valence-corrected chi connectivity index (χ2v) is 9.79. The number of nitrogens with one attached hydrogen (secondary N) is 1. The van der Waals surface area contributed by atoms with Crippen LogP contribution >= 0.6 is 0 Å².